The van der Waals surface area contributed by atoms with Crippen molar-refractivity contribution in [2.75, 3.05) is 16.3 Å². The number of ether oxygens (including phenoxy) is 1. The summed E-state index contributed by atoms with van der Waals surface area (Å²) in [5.41, 5.74) is 0.756. The van der Waals surface area contributed by atoms with Gasteiger partial charge in [-0.25, -0.2) is 13.1 Å². The third kappa shape index (κ3) is 5.97. The number of pyridine rings is 1. The van der Waals surface area contributed by atoms with Crippen LogP contribution < -0.4 is 14.8 Å². The number of nitrogens with zero attached hydrogens (tertiary/aromatic N) is 3. The quantitative estimate of drug-likeness (QED) is 0.513. The number of hydrogen-bond donors (Lipinski definition) is 2. The van der Waals surface area contributed by atoms with Gasteiger partial charge in [-0.15, -0.1) is 0 Å². The lowest BCUT2D eigenvalue weighted by atomic mass is 10.2. The maximum Gasteiger partial charge on any atom is 0.388 e. The van der Waals surface area contributed by atoms with Gasteiger partial charge in [0.1, 0.15) is 0 Å². The van der Waals surface area contributed by atoms with E-state index in [0.717, 1.165) is 6.26 Å². The van der Waals surface area contributed by atoms with Crippen molar-refractivity contribution in [3.8, 4) is 11.7 Å². The Kier molecular flexibility index (Phi) is 6.31. The first-order chi connectivity index (χ1) is 14.1. The predicted octanol–water partition coefficient (Wildman–Crippen LogP) is 3.26. The van der Waals surface area contributed by atoms with Gasteiger partial charge in [0.2, 0.25) is 15.9 Å². The van der Waals surface area contributed by atoms with Crippen LogP contribution in [0.2, 0.25) is 0 Å². The summed E-state index contributed by atoms with van der Waals surface area (Å²) < 4.78 is 55.8. The van der Waals surface area contributed by atoms with Crippen LogP contribution in [0, 0.1) is 0 Å². The van der Waals surface area contributed by atoms with Crippen molar-refractivity contribution in [3.63, 3.8) is 0 Å². The van der Waals surface area contributed by atoms with Gasteiger partial charge < -0.3 is 10.1 Å². The zero-order valence-corrected chi connectivity index (χ0v) is 17.6. The molecule has 0 unspecified atom stereocenters. The van der Waals surface area contributed by atoms with Crippen LogP contribution in [0.15, 0.2) is 53.3 Å². The molecule has 0 saturated carbocycles. The number of aromatic nitrogens is 3. The van der Waals surface area contributed by atoms with Gasteiger partial charge in [0.15, 0.2) is 5.82 Å². The van der Waals surface area contributed by atoms with Gasteiger partial charge in [-0.05, 0) is 24.3 Å². The lowest BCUT2D eigenvalue weighted by Crippen LogP contribution is -2.13. The molecule has 0 aliphatic rings. The van der Waals surface area contributed by atoms with E-state index in [9.17, 15) is 22.0 Å². The Labute approximate surface area is 178 Å². The smallest absolute Gasteiger partial charge is 0.388 e. The van der Waals surface area contributed by atoms with Crippen LogP contribution in [0.3, 0.4) is 0 Å². The highest BCUT2D eigenvalue weighted by Crippen LogP contribution is 2.24. The number of alkyl halides is 2. The zero-order chi connectivity index (χ0) is 21.9. The summed E-state index contributed by atoms with van der Waals surface area (Å²) in [4.78, 5) is 16.4. The molecule has 13 heteroatoms. The summed E-state index contributed by atoms with van der Waals surface area (Å²) >= 11 is 3.25. The number of carbonyl (C=O) groups is 1. The average molecular weight is 502 g/mol. The number of amides is 1. The normalized spacial score (nSPS) is 11.4. The molecule has 0 radical (unpaired) electrons. The molecule has 3 aromatic rings. The number of nitrogens with one attached hydrogen (secondary N) is 2. The monoisotopic (exact) mass is 501 g/mol. The summed E-state index contributed by atoms with van der Waals surface area (Å²) in [6.45, 7) is -3.01. The highest BCUT2D eigenvalue weighted by Gasteiger charge is 2.13. The van der Waals surface area contributed by atoms with Crippen LogP contribution in [0.4, 0.5) is 20.2 Å². The summed E-state index contributed by atoms with van der Waals surface area (Å²) in [6, 6.07) is 8.80. The predicted molar refractivity (Wildman–Crippen MR) is 109 cm³/mol. The molecule has 2 heterocycles. The lowest BCUT2D eigenvalue weighted by molar-refractivity contribution is -0.0528. The van der Waals surface area contributed by atoms with Gasteiger partial charge in [0.05, 0.1) is 23.7 Å². The molecule has 2 N–H and O–H groups in total. The minimum absolute atomic E-state index is 0.162. The van der Waals surface area contributed by atoms with Crippen molar-refractivity contribution in [1.29, 1.82) is 0 Å². The third-order valence-electron chi connectivity index (χ3n) is 3.46. The second-order valence-corrected chi connectivity index (χ2v) is 8.61. The Hall–Kier alpha value is -3.06. The molecule has 0 aliphatic heterocycles. The summed E-state index contributed by atoms with van der Waals surface area (Å²) in [7, 11) is -3.49. The molecule has 0 bridgehead atoms. The fraction of sp³-hybridized carbons (Fsp3) is 0.118. The molecule has 0 aliphatic carbocycles. The summed E-state index contributed by atoms with van der Waals surface area (Å²) in [5, 5.41) is 6.63. The van der Waals surface area contributed by atoms with E-state index in [1.807, 2.05) is 0 Å². The van der Waals surface area contributed by atoms with E-state index in [2.05, 4.69) is 40.8 Å². The highest BCUT2D eigenvalue weighted by atomic mass is 79.9. The standard InChI is InChI=1S/C17H14BrF2N5O4S/c1-30(27,28)24-13-6-11(18)5-12(7-13)22-16(26)10-8-21-25(9-10)14-3-2-4-15(23-14)29-17(19)20/h2-9,17,24H,1H3,(H,22,26). The third-order valence-corrected chi connectivity index (χ3v) is 4.52. The van der Waals surface area contributed by atoms with Gasteiger partial charge >= 0.3 is 6.61 Å². The molecule has 0 atom stereocenters. The number of carbonyl (C=O) groups excluding carboxylic acids is 1. The van der Waals surface area contributed by atoms with Gasteiger partial charge in [0, 0.05) is 22.4 Å². The van der Waals surface area contributed by atoms with Crippen molar-refractivity contribution in [3.05, 3.63) is 58.8 Å². The van der Waals surface area contributed by atoms with Crippen LogP contribution in [0.1, 0.15) is 10.4 Å². The largest absolute Gasteiger partial charge is 0.417 e. The zero-order valence-electron chi connectivity index (χ0n) is 15.2. The minimum Gasteiger partial charge on any atom is -0.417 e. The molecule has 158 valence electrons. The molecule has 1 aromatic carbocycles. The first-order valence-corrected chi connectivity index (χ1v) is 10.8. The number of benzene rings is 1. The first kappa shape index (κ1) is 21.6. The fourth-order valence-corrected chi connectivity index (χ4v) is 3.43. The Morgan fingerprint density at radius 1 is 1.23 bits per heavy atom. The maximum atomic E-state index is 12.5. The van der Waals surface area contributed by atoms with Crippen LogP contribution >= 0.6 is 15.9 Å². The van der Waals surface area contributed by atoms with E-state index >= 15 is 0 Å². The van der Waals surface area contributed by atoms with Crippen molar-refractivity contribution >= 4 is 43.2 Å². The van der Waals surface area contributed by atoms with Crippen LogP contribution in [0.25, 0.3) is 5.82 Å². The van der Waals surface area contributed by atoms with Gasteiger partial charge in [0.25, 0.3) is 5.91 Å². The van der Waals surface area contributed by atoms with E-state index in [0.29, 0.717) is 10.2 Å². The van der Waals surface area contributed by atoms with Crippen LogP contribution in [0.5, 0.6) is 5.88 Å². The summed E-state index contributed by atoms with van der Waals surface area (Å²) in [5.74, 6) is -0.636. The van der Waals surface area contributed by atoms with Crippen molar-refractivity contribution in [1.82, 2.24) is 14.8 Å². The Morgan fingerprint density at radius 2 is 1.97 bits per heavy atom. The van der Waals surface area contributed by atoms with Gasteiger partial charge in [-0.1, -0.05) is 22.0 Å². The SMILES string of the molecule is CS(=O)(=O)Nc1cc(Br)cc(NC(=O)c2cnn(-c3cccc(OC(F)F)n3)c2)c1. The molecular weight excluding hydrogens is 488 g/mol. The van der Waals surface area contributed by atoms with Crippen molar-refractivity contribution in [2.45, 2.75) is 6.61 Å². The molecule has 1 amide bonds. The molecule has 9 nitrogen and oxygen atoms in total. The summed E-state index contributed by atoms with van der Waals surface area (Å²) in [6.07, 6.45) is 3.64. The minimum atomic E-state index is -3.49. The van der Waals surface area contributed by atoms with E-state index in [1.54, 1.807) is 6.07 Å². The first-order valence-electron chi connectivity index (χ1n) is 8.16. The number of hydrogen-bond acceptors (Lipinski definition) is 6. The van der Waals surface area contributed by atoms with E-state index < -0.39 is 22.5 Å². The highest BCUT2D eigenvalue weighted by molar-refractivity contribution is 9.10. The van der Waals surface area contributed by atoms with Crippen molar-refractivity contribution in [2.24, 2.45) is 0 Å². The lowest BCUT2D eigenvalue weighted by Gasteiger charge is -2.09. The molecule has 2 aromatic heterocycles. The van der Waals surface area contributed by atoms with Gasteiger partial charge in [-0.2, -0.15) is 18.9 Å². The van der Waals surface area contributed by atoms with Crippen molar-refractivity contribution < 1.29 is 26.7 Å². The van der Waals surface area contributed by atoms with Crippen LogP contribution in [-0.2, 0) is 10.0 Å². The molecular formula is C17H14BrF2N5O4S. The Balaban J connectivity index is 1.77. The second-order valence-electron chi connectivity index (χ2n) is 5.94. The molecule has 30 heavy (non-hydrogen) atoms. The van der Waals surface area contributed by atoms with Gasteiger partial charge in [-0.3, -0.25) is 9.52 Å². The Bertz CT molecular complexity index is 1190. The number of halogens is 3. The number of sulfonamides is 1. The van der Waals surface area contributed by atoms with E-state index in [1.165, 1.54) is 47.4 Å². The molecule has 0 saturated heterocycles. The molecule has 0 spiro atoms. The fourth-order valence-electron chi connectivity index (χ4n) is 2.39. The van der Waals surface area contributed by atoms with E-state index in [-0.39, 0.29) is 22.9 Å². The second kappa shape index (κ2) is 8.75. The number of rotatable bonds is 7. The molecule has 0 fully saturated rings. The maximum absolute atomic E-state index is 12.5. The Morgan fingerprint density at radius 3 is 2.67 bits per heavy atom. The molecule has 3 rings (SSSR count). The average Bonchev–Trinajstić information content (AvgIpc) is 3.09. The van der Waals surface area contributed by atoms with Crippen LogP contribution in [-0.4, -0.2) is 42.0 Å². The number of anilines is 2. The topological polar surface area (TPSA) is 115 Å². The van der Waals surface area contributed by atoms with E-state index in [4.69, 9.17) is 0 Å².